The van der Waals surface area contributed by atoms with Crippen LogP contribution >= 0.6 is 0 Å². The summed E-state index contributed by atoms with van der Waals surface area (Å²) in [4.78, 5) is 15.5. The molecule has 0 radical (unpaired) electrons. The molecule has 0 atom stereocenters. The van der Waals surface area contributed by atoms with Gasteiger partial charge in [-0.1, -0.05) is 97.1 Å². The maximum atomic E-state index is 5.24. The zero-order valence-corrected chi connectivity index (χ0v) is 26.2. The lowest BCUT2D eigenvalue weighted by atomic mass is 9.90. The number of para-hydroxylation sites is 1. The third-order valence-electron chi connectivity index (χ3n) is 9.75. The molecule has 0 bridgehead atoms. The Morgan fingerprint density at radius 3 is 2.29 bits per heavy atom. The van der Waals surface area contributed by atoms with Crippen LogP contribution in [0.3, 0.4) is 0 Å². The highest BCUT2D eigenvalue weighted by Gasteiger charge is 2.23. The van der Waals surface area contributed by atoms with Gasteiger partial charge in [0.05, 0.1) is 28.4 Å². The summed E-state index contributed by atoms with van der Waals surface area (Å²) < 4.78 is 4.27. The molecule has 0 N–H and O–H groups in total. The Bertz CT molecular complexity index is 2660. The minimum absolute atomic E-state index is 0.610. The Hall–Kier alpha value is -6.14. The summed E-state index contributed by atoms with van der Waals surface area (Å²) in [6, 6.07) is 34.2. The van der Waals surface area contributed by atoms with Gasteiger partial charge in [0, 0.05) is 21.7 Å². The summed E-state index contributed by atoms with van der Waals surface area (Å²) in [7, 11) is 0. The molecule has 0 saturated carbocycles. The predicted octanol–water partition coefficient (Wildman–Crippen LogP) is 9.82. The molecule has 5 aromatic carbocycles. The summed E-state index contributed by atoms with van der Waals surface area (Å²) in [5.74, 6) is 1.99. The summed E-state index contributed by atoms with van der Waals surface area (Å²) in [6.45, 7) is 0. The Balaban J connectivity index is 1.35. The lowest BCUT2D eigenvalue weighted by Gasteiger charge is -2.15. The van der Waals surface area contributed by atoms with E-state index < -0.39 is 0 Å². The SMILES string of the molecule is C1=CCCC(c2nc(-c3ccccc3)nc(-n3c4cc5c(cnn5-c5ccccc5)cc4c4c5c6c(ccc5ccc43)CCC=C6)n2)=C1. The van der Waals surface area contributed by atoms with Gasteiger partial charge in [-0.15, -0.1) is 0 Å². The van der Waals surface area contributed by atoms with E-state index in [4.69, 9.17) is 20.1 Å². The van der Waals surface area contributed by atoms with E-state index in [9.17, 15) is 0 Å². The highest BCUT2D eigenvalue weighted by atomic mass is 15.3. The van der Waals surface area contributed by atoms with Crippen LogP contribution < -0.4 is 0 Å². The van der Waals surface area contributed by atoms with Gasteiger partial charge in [0.25, 0.3) is 0 Å². The molecule has 0 fully saturated rings. The van der Waals surface area contributed by atoms with Crippen molar-refractivity contribution in [3.8, 4) is 23.0 Å². The predicted molar refractivity (Wildman–Crippen MR) is 195 cm³/mol. The monoisotopic (exact) mass is 618 g/mol. The van der Waals surface area contributed by atoms with Crippen LogP contribution in [0.25, 0.3) is 78.2 Å². The molecule has 0 unspecified atom stereocenters. The van der Waals surface area contributed by atoms with Crippen LogP contribution in [0.1, 0.15) is 36.2 Å². The van der Waals surface area contributed by atoms with Crippen molar-refractivity contribution in [3.63, 3.8) is 0 Å². The summed E-state index contributed by atoms with van der Waals surface area (Å²) in [6.07, 6.45) is 17.0. The Labute approximate surface area is 277 Å². The smallest absolute Gasteiger partial charge is 0.238 e. The minimum atomic E-state index is 0.610. The lowest BCUT2D eigenvalue weighted by molar-refractivity contribution is 0.907. The average molecular weight is 619 g/mol. The van der Waals surface area contributed by atoms with Gasteiger partial charge in [0.15, 0.2) is 11.6 Å². The number of hydrogen-bond acceptors (Lipinski definition) is 4. The number of nitrogens with zero attached hydrogens (tertiary/aromatic N) is 6. The first kappa shape index (κ1) is 27.0. The Morgan fingerprint density at radius 2 is 1.44 bits per heavy atom. The zero-order valence-electron chi connectivity index (χ0n) is 26.2. The van der Waals surface area contributed by atoms with E-state index in [-0.39, 0.29) is 0 Å². The maximum Gasteiger partial charge on any atom is 0.238 e. The maximum absolute atomic E-state index is 5.24. The molecule has 3 heterocycles. The quantitative estimate of drug-likeness (QED) is 0.197. The fraction of sp³-hybridized carbons (Fsp3) is 0.0952. The molecule has 3 aromatic heterocycles. The highest BCUT2D eigenvalue weighted by Crippen LogP contribution is 2.42. The van der Waals surface area contributed by atoms with Gasteiger partial charge < -0.3 is 0 Å². The summed E-state index contributed by atoms with van der Waals surface area (Å²) in [5.41, 5.74) is 8.94. The molecule has 6 nitrogen and oxygen atoms in total. The largest absolute Gasteiger partial charge is 0.278 e. The number of benzene rings is 5. The van der Waals surface area contributed by atoms with Crippen molar-refractivity contribution in [3.05, 3.63) is 145 Å². The average Bonchev–Trinajstić information content (AvgIpc) is 3.73. The van der Waals surface area contributed by atoms with Crippen LogP contribution in [0, 0.1) is 0 Å². The normalized spacial score (nSPS) is 14.3. The molecule has 2 aliphatic carbocycles. The van der Waals surface area contributed by atoms with Crippen molar-refractivity contribution in [2.75, 3.05) is 0 Å². The van der Waals surface area contributed by atoms with Crippen molar-refractivity contribution < 1.29 is 0 Å². The Kier molecular flexibility index (Phi) is 6.03. The molecular formula is C42H30N6. The second kappa shape index (κ2) is 10.7. The third kappa shape index (κ3) is 4.19. The second-order valence-corrected chi connectivity index (χ2v) is 12.6. The molecule has 8 aromatic rings. The van der Waals surface area contributed by atoms with Crippen molar-refractivity contribution in [1.29, 1.82) is 0 Å². The first-order valence-corrected chi connectivity index (χ1v) is 16.6. The molecule has 0 saturated heterocycles. The summed E-state index contributed by atoms with van der Waals surface area (Å²) in [5, 5.41) is 10.8. The van der Waals surface area contributed by atoms with Gasteiger partial charge in [-0.05, 0) is 83.5 Å². The van der Waals surface area contributed by atoms with E-state index in [1.165, 1.54) is 27.3 Å². The first-order chi connectivity index (χ1) is 23.8. The van der Waals surface area contributed by atoms with Gasteiger partial charge >= 0.3 is 0 Å². The summed E-state index contributed by atoms with van der Waals surface area (Å²) >= 11 is 0. The molecule has 48 heavy (non-hydrogen) atoms. The lowest BCUT2D eigenvalue weighted by Crippen LogP contribution is -2.08. The number of aryl methyl sites for hydroxylation is 1. The van der Waals surface area contributed by atoms with E-state index in [0.717, 1.165) is 75.7 Å². The van der Waals surface area contributed by atoms with Crippen molar-refractivity contribution in [2.45, 2.75) is 25.7 Å². The number of hydrogen-bond donors (Lipinski definition) is 0. The van der Waals surface area contributed by atoms with Gasteiger partial charge in [0.1, 0.15) is 0 Å². The van der Waals surface area contributed by atoms with E-state index in [2.05, 4.69) is 95.6 Å². The molecule has 0 amide bonds. The zero-order chi connectivity index (χ0) is 31.6. The van der Waals surface area contributed by atoms with Crippen LogP contribution in [0.15, 0.2) is 128 Å². The van der Waals surface area contributed by atoms with E-state index >= 15 is 0 Å². The number of rotatable bonds is 4. The van der Waals surface area contributed by atoms with E-state index in [1.54, 1.807) is 0 Å². The third-order valence-corrected chi connectivity index (χ3v) is 9.75. The van der Waals surface area contributed by atoms with Gasteiger partial charge in [-0.25, -0.2) is 9.67 Å². The molecule has 0 aliphatic heterocycles. The minimum Gasteiger partial charge on any atom is -0.278 e. The van der Waals surface area contributed by atoms with E-state index in [1.807, 2.05) is 47.3 Å². The number of allylic oxidation sites excluding steroid dienone is 5. The molecule has 2 aliphatic rings. The van der Waals surface area contributed by atoms with Gasteiger partial charge in [0.2, 0.25) is 5.95 Å². The fourth-order valence-corrected chi connectivity index (χ4v) is 7.47. The number of aromatic nitrogens is 6. The molecule has 0 spiro atoms. The second-order valence-electron chi connectivity index (χ2n) is 12.6. The van der Waals surface area contributed by atoms with Crippen LogP contribution in [-0.4, -0.2) is 29.3 Å². The van der Waals surface area contributed by atoms with Crippen LogP contribution in [0.2, 0.25) is 0 Å². The molecular weight excluding hydrogens is 589 g/mol. The standard InChI is InChI=1S/C42H30N6/c1-4-13-29(14-5-1)40-44-41(30-15-6-2-7-16-30)46-42(45-40)47-35-23-22-28-21-20-27-12-10-11-19-33(27)38(28)39(35)34-24-31-26-43-48(36(31)25-37(34)47)32-17-8-3-9-18-32/h1-6,8-9,11,13-15,17-26H,7,10,12,16H2. The molecule has 228 valence electrons. The topological polar surface area (TPSA) is 61.4 Å². The Morgan fingerprint density at radius 1 is 0.625 bits per heavy atom. The fourth-order valence-electron chi connectivity index (χ4n) is 7.47. The number of fused-ring (bicyclic) bond motifs is 8. The van der Waals surface area contributed by atoms with Crippen LogP contribution in [0.5, 0.6) is 0 Å². The molecule has 6 heteroatoms. The van der Waals surface area contributed by atoms with Crippen molar-refractivity contribution in [2.24, 2.45) is 0 Å². The van der Waals surface area contributed by atoms with Crippen LogP contribution in [0.4, 0.5) is 0 Å². The van der Waals surface area contributed by atoms with Gasteiger partial charge in [-0.2, -0.15) is 15.1 Å². The first-order valence-electron chi connectivity index (χ1n) is 16.6. The van der Waals surface area contributed by atoms with Gasteiger partial charge in [-0.3, -0.25) is 4.57 Å². The van der Waals surface area contributed by atoms with Crippen molar-refractivity contribution in [1.82, 2.24) is 29.3 Å². The molecule has 10 rings (SSSR count). The van der Waals surface area contributed by atoms with Crippen molar-refractivity contribution >= 4 is 55.1 Å². The van der Waals surface area contributed by atoms with E-state index in [0.29, 0.717) is 11.8 Å². The highest BCUT2D eigenvalue weighted by molar-refractivity contribution is 6.25. The van der Waals surface area contributed by atoms with Crippen LogP contribution in [-0.2, 0) is 6.42 Å².